The average Bonchev–Trinajstić information content (AvgIpc) is 3.52. The van der Waals surface area contributed by atoms with Gasteiger partial charge < -0.3 is 33.6 Å². The van der Waals surface area contributed by atoms with Crippen LogP contribution < -0.4 is 10.1 Å². The van der Waals surface area contributed by atoms with Crippen LogP contribution in [0.4, 0.5) is 4.79 Å². The molecule has 1 aliphatic heterocycles. The van der Waals surface area contributed by atoms with Crippen LogP contribution in [0.1, 0.15) is 50.9 Å². The van der Waals surface area contributed by atoms with E-state index in [0.717, 1.165) is 47.5 Å². The molecular formula is C31H40N6O5. The van der Waals surface area contributed by atoms with Crippen LogP contribution in [0.25, 0.3) is 33.6 Å². The number of carbonyl (C=O) groups is 2. The quantitative estimate of drug-likeness (QED) is 0.319. The van der Waals surface area contributed by atoms with Crippen molar-refractivity contribution in [3.63, 3.8) is 0 Å². The van der Waals surface area contributed by atoms with Crippen molar-refractivity contribution >= 4 is 34.1 Å². The third-order valence-electron chi connectivity index (χ3n) is 7.42. The number of rotatable bonds is 8. The lowest BCUT2D eigenvalue weighted by Gasteiger charge is -2.33. The summed E-state index contributed by atoms with van der Waals surface area (Å²) < 4.78 is 20.9. The van der Waals surface area contributed by atoms with Crippen molar-refractivity contribution in [3.8, 4) is 17.3 Å². The van der Waals surface area contributed by atoms with E-state index >= 15 is 0 Å². The molecule has 42 heavy (non-hydrogen) atoms. The number of carbonyl (C=O) groups excluding carboxylic acids is 2. The minimum absolute atomic E-state index is 0.134. The molecular weight excluding hydrogens is 536 g/mol. The van der Waals surface area contributed by atoms with E-state index in [0.29, 0.717) is 43.1 Å². The summed E-state index contributed by atoms with van der Waals surface area (Å²) in [6.45, 7) is 10.3. The highest BCUT2D eigenvalue weighted by Crippen LogP contribution is 2.35. The van der Waals surface area contributed by atoms with E-state index in [-0.39, 0.29) is 11.9 Å². The number of amides is 2. The number of benzene rings is 1. The molecule has 1 aliphatic rings. The van der Waals surface area contributed by atoms with Gasteiger partial charge in [0.25, 0.3) is 5.91 Å². The highest BCUT2D eigenvalue weighted by atomic mass is 16.6. The molecule has 5 rings (SSSR count). The summed E-state index contributed by atoms with van der Waals surface area (Å²) in [6, 6.07) is 9.49. The molecule has 1 fully saturated rings. The van der Waals surface area contributed by atoms with Gasteiger partial charge in [0.05, 0.1) is 24.9 Å². The normalized spacial score (nSPS) is 15.8. The molecule has 1 aromatic carbocycles. The lowest BCUT2D eigenvalue weighted by Crippen LogP contribution is -2.50. The minimum atomic E-state index is -0.590. The molecule has 4 heterocycles. The van der Waals surface area contributed by atoms with Crippen LogP contribution in [0.3, 0.4) is 0 Å². The van der Waals surface area contributed by atoms with Crippen LogP contribution in [0.5, 0.6) is 5.75 Å². The Balaban J connectivity index is 1.51. The number of ether oxygens (including phenoxy) is 3. The zero-order valence-electron chi connectivity index (χ0n) is 25.3. The molecule has 0 bridgehead atoms. The molecule has 224 valence electrons. The van der Waals surface area contributed by atoms with Gasteiger partial charge in [0.15, 0.2) is 5.82 Å². The fraction of sp³-hybridized carbons (Fsp3) is 0.484. The predicted octanol–water partition coefficient (Wildman–Crippen LogP) is 4.86. The first-order valence-electron chi connectivity index (χ1n) is 14.4. The van der Waals surface area contributed by atoms with Gasteiger partial charge >= 0.3 is 6.09 Å². The zero-order chi connectivity index (χ0) is 30.0. The van der Waals surface area contributed by atoms with Gasteiger partial charge in [0.2, 0.25) is 0 Å². The molecule has 0 aliphatic carbocycles. The highest BCUT2D eigenvalue weighted by molar-refractivity contribution is 6.00. The average molecular weight is 577 g/mol. The molecule has 3 aromatic heterocycles. The predicted molar refractivity (Wildman–Crippen MR) is 161 cm³/mol. The van der Waals surface area contributed by atoms with E-state index in [1.54, 1.807) is 31.4 Å². The monoisotopic (exact) mass is 576 g/mol. The number of aryl methyl sites for hydroxylation is 1. The van der Waals surface area contributed by atoms with Crippen molar-refractivity contribution in [3.05, 3.63) is 42.1 Å². The van der Waals surface area contributed by atoms with Gasteiger partial charge in [0, 0.05) is 56.5 Å². The smallest absolute Gasteiger partial charge is 0.407 e. The Morgan fingerprint density at radius 2 is 1.95 bits per heavy atom. The van der Waals surface area contributed by atoms with Crippen molar-refractivity contribution in [2.45, 2.75) is 65.3 Å². The Kier molecular flexibility index (Phi) is 8.40. The van der Waals surface area contributed by atoms with Crippen LogP contribution in [0.15, 0.2) is 36.5 Å². The lowest BCUT2D eigenvalue weighted by molar-refractivity contribution is 0.0452. The fourth-order valence-corrected chi connectivity index (χ4v) is 5.63. The summed E-state index contributed by atoms with van der Waals surface area (Å²) >= 11 is 0. The Morgan fingerprint density at radius 3 is 2.67 bits per heavy atom. The van der Waals surface area contributed by atoms with Crippen molar-refractivity contribution in [2.24, 2.45) is 0 Å². The maximum Gasteiger partial charge on any atom is 0.407 e. The van der Waals surface area contributed by atoms with Crippen molar-refractivity contribution in [2.75, 3.05) is 33.9 Å². The van der Waals surface area contributed by atoms with Gasteiger partial charge in [-0.1, -0.05) is 0 Å². The molecule has 1 N–H and O–H groups in total. The maximum absolute atomic E-state index is 13.8. The van der Waals surface area contributed by atoms with Gasteiger partial charge in [-0.15, -0.1) is 0 Å². The molecule has 1 saturated heterocycles. The topological polar surface area (TPSA) is 113 Å². The fourth-order valence-electron chi connectivity index (χ4n) is 5.63. The Morgan fingerprint density at radius 1 is 1.14 bits per heavy atom. The van der Waals surface area contributed by atoms with E-state index in [4.69, 9.17) is 19.2 Å². The summed E-state index contributed by atoms with van der Waals surface area (Å²) in [5, 5.41) is 3.95. The number of alkyl carbamates (subject to hydrolysis) is 1. The van der Waals surface area contributed by atoms with Gasteiger partial charge in [-0.25, -0.2) is 14.8 Å². The first kappa shape index (κ1) is 29.4. The standard InChI is InChI=1S/C31H40N6O5/c1-7-36-24(17-20-10-8-12-32-27(20)36)28-34-23-16-21(18-25(41-6)26(23)37(28)14-15-40-5)29(38)35-13-9-11-22(19-35)33-30(39)42-31(2,3)4/h8,10,12,16-18,22H,7,9,11,13-15,19H2,1-6H3,(H,33,39)/t22-/m1/s1. The van der Waals surface area contributed by atoms with Gasteiger partial charge in [-0.05, 0) is 70.9 Å². The van der Waals surface area contributed by atoms with E-state index < -0.39 is 11.7 Å². The molecule has 0 radical (unpaired) electrons. The SMILES string of the molecule is CCn1c(-c2nc3cc(C(=O)N4CCC[C@@H](NC(=O)OC(C)(C)C)C4)cc(OC)c3n2CCOC)cc2cccnc21. The molecule has 11 nitrogen and oxygen atoms in total. The second-order valence-electron chi connectivity index (χ2n) is 11.6. The van der Waals surface area contributed by atoms with E-state index in [1.165, 1.54) is 0 Å². The number of likely N-dealkylation sites (tertiary alicyclic amines) is 1. The summed E-state index contributed by atoms with van der Waals surface area (Å²) in [7, 11) is 3.27. The minimum Gasteiger partial charge on any atom is -0.494 e. The first-order chi connectivity index (χ1) is 20.1. The number of pyridine rings is 1. The van der Waals surface area contributed by atoms with Gasteiger partial charge in [-0.2, -0.15) is 0 Å². The number of nitrogens with zero attached hydrogens (tertiary/aromatic N) is 5. The largest absolute Gasteiger partial charge is 0.494 e. The first-order valence-corrected chi connectivity index (χ1v) is 14.4. The Bertz CT molecular complexity index is 1600. The maximum atomic E-state index is 13.8. The zero-order valence-corrected chi connectivity index (χ0v) is 25.3. The molecule has 1 atom stereocenters. The third-order valence-corrected chi connectivity index (χ3v) is 7.42. The second-order valence-corrected chi connectivity index (χ2v) is 11.6. The molecule has 0 spiro atoms. The van der Waals surface area contributed by atoms with E-state index in [9.17, 15) is 9.59 Å². The van der Waals surface area contributed by atoms with Gasteiger partial charge in [-0.3, -0.25) is 4.79 Å². The molecule has 0 unspecified atom stereocenters. The summed E-state index contributed by atoms with van der Waals surface area (Å²) in [5.41, 5.74) is 3.17. The van der Waals surface area contributed by atoms with Crippen LogP contribution in [-0.4, -0.2) is 81.6 Å². The van der Waals surface area contributed by atoms with Crippen molar-refractivity contribution in [1.82, 2.24) is 29.3 Å². The molecule has 0 saturated carbocycles. The molecule has 11 heteroatoms. The summed E-state index contributed by atoms with van der Waals surface area (Å²) in [4.78, 5) is 37.6. The number of fused-ring (bicyclic) bond motifs is 2. The molecule has 4 aromatic rings. The lowest BCUT2D eigenvalue weighted by atomic mass is 10.0. The third kappa shape index (κ3) is 5.92. The number of imidazole rings is 1. The van der Waals surface area contributed by atoms with Crippen LogP contribution in [0, 0.1) is 0 Å². The number of piperidine rings is 1. The Labute approximate surface area is 245 Å². The van der Waals surface area contributed by atoms with Crippen LogP contribution in [0.2, 0.25) is 0 Å². The van der Waals surface area contributed by atoms with Gasteiger partial charge in [0.1, 0.15) is 22.5 Å². The number of nitrogens with one attached hydrogen (secondary N) is 1. The van der Waals surface area contributed by atoms with E-state index in [1.807, 2.05) is 39.0 Å². The Hall–Kier alpha value is -4.12. The van der Waals surface area contributed by atoms with Crippen molar-refractivity contribution in [1.29, 1.82) is 0 Å². The van der Waals surface area contributed by atoms with Crippen LogP contribution in [-0.2, 0) is 22.6 Å². The number of aromatic nitrogens is 4. The summed E-state index contributed by atoms with van der Waals surface area (Å²) in [5.74, 6) is 1.18. The summed E-state index contributed by atoms with van der Waals surface area (Å²) in [6.07, 6.45) is 2.87. The van der Waals surface area contributed by atoms with Crippen molar-refractivity contribution < 1.29 is 23.8 Å². The highest BCUT2D eigenvalue weighted by Gasteiger charge is 2.29. The number of hydrogen-bond acceptors (Lipinski definition) is 7. The number of hydrogen-bond donors (Lipinski definition) is 1. The molecule has 2 amide bonds. The number of methoxy groups -OCH3 is 2. The second kappa shape index (κ2) is 12.0. The van der Waals surface area contributed by atoms with Crippen LogP contribution >= 0.6 is 0 Å². The van der Waals surface area contributed by atoms with E-state index in [2.05, 4.69) is 32.4 Å².